The van der Waals surface area contributed by atoms with Crippen molar-refractivity contribution in [2.75, 3.05) is 18.4 Å². The molecule has 0 aliphatic carbocycles. The van der Waals surface area contributed by atoms with Crippen LogP contribution in [0.1, 0.15) is 17.5 Å². The van der Waals surface area contributed by atoms with Gasteiger partial charge in [0.15, 0.2) is 0 Å². The van der Waals surface area contributed by atoms with Crippen LogP contribution in [0.25, 0.3) is 0 Å². The molecule has 1 aromatic carbocycles. The first-order chi connectivity index (χ1) is 8.97. The van der Waals surface area contributed by atoms with E-state index >= 15 is 0 Å². The van der Waals surface area contributed by atoms with Crippen LogP contribution < -0.4 is 10.6 Å². The standard InChI is InChI=1S/C13H17N3O3/c1-8-3-11(12(16(18)19)4-9(8)2)15-13(17)5-10-6-14-7-10/h3-4,10,14H,5-7H2,1-2H3,(H,15,17). The molecule has 19 heavy (non-hydrogen) atoms. The molecule has 1 saturated heterocycles. The molecule has 1 amide bonds. The average molecular weight is 263 g/mol. The summed E-state index contributed by atoms with van der Waals surface area (Å²) < 4.78 is 0. The van der Waals surface area contributed by atoms with Gasteiger partial charge in [-0.2, -0.15) is 0 Å². The molecule has 0 atom stereocenters. The molecule has 1 aliphatic heterocycles. The van der Waals surface area contributed by atoms with E-state index in [-0.39, 0.29) is 17.3 Å². The second-order valence-electron chi connectivity index (χ2n) is 4.99. The number of hydrogen-bond donors (Lipinski definition) is 2. The summed E-state index contributed by atoms with van der Waals surface area (Å²) in [6.07, 6.45) is 0.400. The van der Waals surface area contributed by atoms with Crippen molar-refractivity contribution in [3.63, 3.8) is 0 Å². The molecule has 0 radical (unpaired) electrons. The lowest BCUT2D eigenvalue weighted by Crippen LogP contribution is -2.43. The maximum Gasteiger partial charge on any atom is 0.293 e. The fourth-order valence-electron chi connectivity index (χ4n) is 2.01. The molecular weight excluding hydrogens is 246 g/mol. The summed E-state index contributed by atoms with van der Waals surface area (Å²) in [5.41, 5.74) is 1.99. The van der Waals surface area contributed by atoms with Crippen LogP contribution in [0, 0.1) is 29.9 Å². The second-order valence-corrected chi connectivity index (χ2v) is 4.99. The number of hydrogen-bond acceptors (Lipinski definition) is 4. The highest BCUT2D eigenvalue weighted by Crippen LogP contribution is 2.28. The number of nitro benzene ring substituents is 1. The van der Waals surface area contributed by atoms with Gasteiger partial charge in [0.1, 0.15) is 5.69 Å². The van der Waals surface area contributed by atoms with E-state index in [0.29, 0.717) is 12.3 Å². The Morgan fingerprint density at radius 1 is 1.42 bits per heavy atom. The first-order valence-corrected chi connectivity index (χ1v) is 6.23. The highest BCUT2D eigenvalue weighted by Gasteiger charge is 2.22. The zero-order valence-corrected chi connectivity index (χ0v) is 11.0. The Labute approximate surface area is 111 Å². The molecule has 102 valence electrons. The monoisotopic (exact) mass is 263 g/mol. The summed E-state index contributed by atoms with van der Waals surface area (Å²) >= 11 is 0. The normalized spacial score (nSPS) is 14.8. The van der Waals surface area contributed by atoms with Gasteiger partial charge in [-0.1, -0.05) is 0 Å². The van der Waals surface area contributed by atoms with E-state index in [0.717, 1.165) is 24.2 Å². The van der Waals surface area contributed by atoms with Gasteiger partial charge < -0.3 is 10.6 Å². The van der Waals surface area contributed by atoms with Gasteiger partial charge in [0.2, 0.25) is 5.91 Å². The van der Waals surface area contributed by atoms with Crippen molar-refractivity contribution >= 4 is 17.3 Å². The Morgan fingerprint density at radius 2 is 2.05 bits per heavy atom. The highest BCUT2D eigenvalue weighted by atomic mass is 16.6. The number of rotatable bonds is 4. The van der Waals surface area contributed by atoms with Crippen molar-refractivity contribution in [1.82, 2.24) is 5.32 Å². The van der Waals surface area contributed by atoms with E-state index in [2.05, 4.69) is 10.6 Å². The zero-order valence-electron chi connectivity index (χ0n) is 11.0. The lowest BCUT2D eigenvalue weighted by molar-refractivity contribution is -0.384. The number of aryl methyl sites for hydroxylation is 2. The third-order valence-electron chi connectivity index (χ3n) is 3.42. The fourth-order valence-corrected chi connectivity index (χ4v) is 2.01. The topological polar surface area (TPSA) is 84.3 Å². The molecule has 2 rings (SSSR count). The number of nitro groups is 1. The van der Waals surface area contributed by atoms with Crippen LogP contribution in [0.5, 0.6) is 0 Å². The molecule has 1 aliphatic rings. The third kappa shape index (κ3) is 3.08. The maximum absolute atomic E-state index is 11.8. The summed E-state index contributed by atoms with van der Waals surface area (Å²) in [7, 11) is 0. The Kier molecular flexibility index (Phi) is 3.80. The first kappa shape index (κ1) is 13.5. The summed E-state index contributed by atoms with van der Waals surface area (Å²) in [6.45, 7) is 5.35. The largest absolute Gasteiger partial charge is 0.320 e. The summed E-state index contributed by atoms with van der Waals surface area (Å²) in [4.78, 5) is 22.4. The lowest BCUT2D eigenvalue weighted by atomic mass is 9.99. The van der Waals surface area contributed by atoms with Gasteiger partial charge >= 0.3 is 0 Å². The molecule has 0 saturated carbocycles. The van der Waals surface area contributed by atoms with E-state index < -0.39 is 4.92 Å². The minimum atomic E-state index is -0.465. The van der Waals surface area contributed by atoms with Gasteiger partial charge in [-0.25, -0.2) is 0 Å². The Balaban J connectivity index is 2.15. The highest BCUT2D eigenvalue weighted by molar-refractivity contribution is 5.93. The number of amides is 1. The second kappa shape index (κ2) is 5.36. The average Bonchev–Trinajstić information content (AvgIpc) is 2.28. The van der Waals surface area contributed by atoms with Crippen LogP contribution in [-0.2, 0) is 4.79 Å². The minimum Gasteiger partial charge on any atom is -0.320 e. The Hall–Kier alpha value is -1.95. The van der Waals surface area contributed by atoms with E-state index in [1.807, 2.05) is 13.8 Å². The lowest BCUT2D eigenvalue weighted by Gasteiger charge is -2.26. The van der Waals surface area contributed by atoms with Crippen molar-refractivity contribution in [3.8, 4) is 0 Å². The molecule has 0 bridgehead atoms. The number of carbonyl (C=O) groups is 1. The molecule has 1 heterocycles. The van der Waals surface area contributed by atoms with E-state index in [1.165, 1.54) is 6.07 Å². The van der Waals surface area contributed by atoms with Crippen molar-refractivity contribution in [3.05, 3.63) is 33.4 Å². The minimum absolute atomic E-state index is 0.0526. The van der Waals surface area contributed by atoms with Crippen LogP contribution in [-0.4, -0.2) is 23.9 Å². The van der Waals surface area contributed by atoms with Gasteiger partial charge in [-0.15, -0.1) is 0 Å². The number of carbonyl (C=O) groups excluding carboxylic acids is 1. The van der Waals surface area contributed by atoms with Crippen molar-refractivity contribution in [1.29, 1.82) is 0 Å². The predicted octanol–water partition coefficient (Wildman–Crippen LogP) is 1.76. The van der Waals surface area contributed by atoms with Crippen LogP contribution in [0.4, 0.5) is 11.4 Å². The smallest absolute Gasteiger partial charge is 0.293 e. The molecule has 0 spiro atoms. The van der Waals surface area contributed by atoms with Crippen LogP contribution in [0.15, 0.2) is 12.1 Å². The third-order valence-corrected chi connectivity index (χ3v) is 3.42. The van der Waals surface area contributed by atoms with Crippen LogP contribution in [0.2, 0.25) is 0 Å². The van der Waals surface area contributed by atoms with Gasteiger partial charge in [0.25, 0.3) is 5.69 Å². The number of nitrogens with one attached hydrogen (secondary N) is 2. The molecular formula is C13H17N3O3. The maximum atomic E-state index is 11.8. The first-order valence-electron chi connectivity index (χ1n) is 6.23. The fraction of sp³-hybridized carbons (Fsp3) is 0.462. The van der Waals surface area contributed by atoms with Crippen molar-refractivity contribution < 1.29 is 9.72 Å². The Bertz CT molecular complexity index is 524. The van der Waals surface area contributed by atoms with Gasteiger partial charge in [-0.05, 0) is 50.0 Å². The van der Waals surface area contributed by atoms with Gasteiger partial charge in [0.05, 0.1) is 4.92 Å². The van der Waals surface area contributed by atoms with Crippen LogP contribution in [0.3, 0.4) is 0 Å². The van der Waals surface area contributed by atoms with Gasteiger partial charge in [0, 0.05) is 12.5 Å². The summed E-state index contributed by atoms with van der Waals surface area (Å²) in [6, 6.07) is 3.15. The molecule has 2 N–H and O–H groups in total. The SMILES string of the molecule is Cc1cc(NC(=O)CC2CNC2)c([N+](=O)[O-])cc1C. The number of benzene rings is 1. The van der Waals surface area contributed by atoms with Gasteiger partial charge in [-0.3, -0.25) is 14.9 Å². The van der Waals surface area contributed by atoms with Crippen molar-refractivity contribution in [2.45, 2.75) is 20.3 Å². The van der Waals surface area contributed by atoms with E-state index in [1.54, 1.807) is 6.07 Å². The number of anilines is 1. The van der Waals surface area contributed by atoms with E-state index in [9.17, 15) is 14.9 Å². The number of nitrogens with zero attached hydrogens (tertiary/aromatic N) is 1. The van der Waals surface area contributed by atoms with E-state index in [4.69, 9.17) is 0 Å². The molecule has 6 nitrogen and oxygen atoms in total. The zero-order chi connectivity index (χ0) is 14.0. The summed E-state index contributed by atoms with van der Waals surface area (Å²) in [5.74, 6) is 0.170. The molecule has 1 fully saturated rings. The van der Waals surface area contributed by atoms with Crippen LogP contribution >= 0.6 is 0 Å². The molecule has 0 unspecified atom stereocenters. The molecule has 0 aromatic heterocycles. The summed E-state index contributed by atoms with van der Waals surface area (Å²) in [5, 5.41) is 16.7. The van der Waals surface area contributed by atoms with Crippen molar-refractivity contribution in [2.24, 2.45) is 5.92 Å². The predicted molar refractivity (Wildman–Crippen MR) is 72.2 cm³/mol. The molecule has 6 heteroatoms. The quantitative estimate of drug-likeness (QED) is 0.640. The Morgan fingerprint density at radius 3 is 2.58 bits per heavy atom. The molecule has 1 aromatic rings.